The van der Waals surface area contributed by atoms with Gasteiger partial charge in [-0.15, -0.1) is 0 Å². The molecular weight excluding hydrogens is 278 g/mol. The number of nitro benzene ring substituents is 1. The zero-order chi connectivity index (χ0) is 15.7. The first kappa shape index (κ1) is 14.0. The highest BCUT2D eigenvalue weighted by Crippen LogP contribution is 2.25. The van der Waals surface area contributed by atoms with Crippen LogP contribution in [0.4, 0.5) is 11.4 Å². The average Bonchev–Trinajstić information content (AvgIpc) is 2.78. The van der Waals surface area contributed by atoms with Crippen molar-refractivity contribution in [2.24, 2.45) is 12.0 Å². The predicted octanol–water partition coefficient (Wildman–Crippen LogP) is 4.15. The van der Waals surface area contributed by atoms with Crippen LogP contribution in [0.5, 0.6) is 0 Å². The second-order valence-corrected chi connectivity index (χ2v) is 5.11. The topological polar surface area (TPSA) is 60.4 Å². The lowest BCUT2D eigenvalue weighted by Crippen LogP contribution is -1.91. The Labute approximate surface area is 127 Å². The van der Waals surface area contributed by atoms with E-state index in [4.69, 9.17) is 0 Å². The van der Waals surface area contributed by atoms with E-state index in [1.54, 1.807) is 18.3 Å². The summed E-state index contributed by atoms with van der Waals surface area (Å²) < 4.78 is 2.12. The molecule has 2 aromatic carbocycles. The molecule has 1 heterocycles. The third-order valence-electron chi connectivity index (χ3n) is 3.83. The molecule has 0 spiro atoms. The van der Waals surface area contributed by atoms with Crippen LogP contribution in [0.2, 0.25) is 0 Å². The maximum absolute atomic E-state index is 10.8. The van der Waals surface area contributed by atoms with Crippen molar-refractivity contribution in [3.63, 3.8) is 0 Å². The van der Waals surface area contributed by atoms with Crippen LogP contribution in [0.3, 0.4) is 0 Å². The van der Waals surface area contributed by atoms with Crippen LogP contribution in [0.15, 0.2) is 53.5 Å². The first-order chi connectivity index (χ1) is 10.6. The molecule has 0 aliphatic rings. The molecule has 0 amide bonds. The van der Waals surface area contributed by atoms with Crippen LogP contribution in [-0.2, 0) is 7.05 Å². The fourth-order valence-corrected chi connectivity index (χ4v) is 2.54. The van der Waals surface area contributed by atoms with E-state index < -0.39 is 4.92 Å². The molecule has 3 rings (SSSR count). The van der Waals surface area contributed by atoms with Gasteiger partial charge in [-0.1, -0.05) is 24.3 Å². The number of hydrogen-bond donors (Lipinski definition) is 0. The van der Waals surface area contributed by atoms with Crippen molar-refractivity contribution in [2.45, 2.75) is 6.92 Å². The number of nitro groups is 1. The van der Waals surface area contributed by atoms with Crippen LogP contribution in [0, 0.1) is 17.0 Å². The predicted molar refractivity (Wildman–Crippen MR) is 88.0 cm³/mol. The molecule has 0 radical (unpaired) electrons. The number of benzene rings is 2. The summed E-state index contributed by atoms with van der Waals surface area (Å²) in [6.07, 6.45) is 1.77. The Balaban J connectivity index is 2.05. The molecule has 0 aliphatic heterocycles. The number of aliphatic imine (C=N–C) groups is 1. The van der Waals surface area contributed by atoms with Crippen molar-refractivity contribution in [1.82, 2.24) is 4.57 Å². The molecule has 0 fully saturated rings. The molecule has 5 nitrogen and oxygen atoms in total. The molecule has 0 saturated heterocycles. The fraction of sp³-hybridized carbons (Fsp3) is 0.118. The van der Waals surface area contributed by atoms with Crippen LogP contribution >= 0.6 is 0 Å². The quantitative estimate of drug-likeness (QED) is 0.414. The molecule has 22 heavy (non-hydrogen) atoms. The first-order valence-electron chi connectivity index (χ1n) is 6.90. The lowest BCUT2D eigenvalue weighted by atomic mass is 10.1. The molecule has 0 atom stereocenters. The van der Waals surface area contributed by atoms with Crippen LogP contribution in [0.1, 0.15) is 11.3 Å². The maximum Gasteiger partial charge on any atom is 0.271 e. The molecule has 0 bridgehead atoms. The van der Waals surface area contributed by atoms with E-state index >= 15 is 0 Å². The highest BCUT2D eigenvalue weighted by molar-refractivity contribution is 6.01. The third kappa shape index (κ3) is 2.37. The number of hydrogen-bond acceptors (Lipinski definition) is 3. The third-order valence-corrected chi connectivity index (χ3v) is 3.83. The lowest BCUT2D eigenvalue weighted by Gasteiger charge is -1.98. The SMILES string of the molecule is Cc1c(C=Nc2cccc([N+](=O)[O-])c2)c2ccccc2n1C. The number of para-hydroxylation sites is 1. The second-order valence-electron chi connectivity index (χ2n) is 5.11. The van der Waals surface area contributed by atoms with Gasteiger partial charge in [0.25, 0.3) is 5.69 Å². The molecule has 0 saturated carbocycles. The zero-order valence-electron chi connectivity index (χ0n) is 12.4. The minimum Gasteiger partial charge on any atom is -0.347 e. The number of non-ortho nitro benzene ring substituents is 1. The molecule has 0 N–H and O–H groups in total. The van der Waals surface area contributed by atoms with Crippen molar-refractivity contribution in [1.29, 1.82) is 0 Å². The van der Waals surface area contributed by atoms with E-state index in [1.807, 2.05) is 26.1 Å². The van der Waals surface area contributed by atoms with Crippen molar-refractivity contribution in [3.8, 4) is 0 Å². The van der Waals surface area contributed by atoms with Crippen molar-refractivity contribution >= 4 is 28.5 Å². The Hall–Kier alpha value is -2.95. The largest absolute Gasteiger partial charge is 0.347 e. The van der Waals surface area contributed by atoms with Gasteiger partial charge in [0.15, 0.2) is 0 Å². The van der Waals surface area contributed by atoms with Gasteiger partial charge >= 0.3 is 0 Å². The number of rotatable bonds is 3. The van der Waals surface area contributed by atoms with E-state index in [9.17, 15) is 10.1 Å². The van der Waals surface area contributed by atoms with Gasteiger partial charge in [0.2, 0.25) is 0 Å². The number of nitrogens with zero attached hydrogens (tertiary/aromatic N) is 3. The number of aryl methyl sites for hydroxylation is 1. The van der Waals surface area contributed by atoms with Crippen molar-refractivity contribution in [2.75, 3.05) is 0 Å². The normalized spacial score (nSPS) is 11.4. The summed E-state index contributed by atoms with van der Waals surface area (Å²) in [6, 6.07) is 14.4. The molecule has 1 aromatic heterocycles. The summed E-state index contributed by atoms with van der Waals surface area (Å²) in [5.41, 5.74) is 3.89. The Morgan fingerprint density at radius 3 is 2.73 bits per heavy atom. The summed E-state index contributed by atoms with van der Waals surface area (Å²) in [5.74, 6) is 0. The highest BCUT2D eigenvalue weighted by Gasteiger charge is 2.09. The molecule has 0 aliphatic carbocycles. The zero-order valence-corrected chi connectivity index (χ0v) is 12.4. The Morgan fingerprint density at radius 1 is 1.18 bits per heavy atom. The molecular formula is C17H15N3O2. The van der Waals surface area contributed by atoms with Gasteiger partial charge in [0, 0.05) is 47.6 Å². The summed E-state index contributed by atoms with van der Waals surface area (Å²) in [4.78, 5) is 14.8. The van der Waals surface area contributed by atoms with Gasteiger partial charge in [-0.25, -0.2) is 0 Å². The molecule has 0 unspecified atom stereocenters. The van der Waals surface area contributed by atoms with Crippen molar-refractivity contribution < 1.29 is 4.92 Å². The van der Waals surface area contributed by atoms with Gasteiger partial charge in [-0.2, -0.15) is 0 Å². The number of aromatic nitrogens is 1. The monoisotopic (exact) mass is 293 g/mol. The lowest BCUT2D eigenvalue weighted by molar-refractivity contribution is -0.384. The molecule has 110 valence electrons. The van der Waals surface area contributed by atoms with Gasteiger partial charge in [0.05, 0.1) is 10.6 Å². The van der Waals surface area contributed by atoms with E-state index in [-0.39, 0.29) is 5.69 Å². The Morgan fingerprint density at radius 2 is 1.95 bits per heavy atom. The summed E-state index contributed by atoms with van der Waals surface area (Å²) in [7, 11) is 2.02. The van der Waals surface area contributed by atoms with Gasteiger partial charge in [0.1, 0.15) is 0 Å². The van der Waals surface area contributed by atoms with Gasteiger partial charge < -0.3 is 4.57 Å². The fourth-order valence-electron chi connectivity index (χ4n) is 2.54. The van der Waals surface area contributed by atoms with E-state index in [2.05, 4.69) is 21.7 Å². The van der Waals surface area contributed by atoms with Crippen LogP contribution < -0.4 is 0 Å². The van der Waals surface area contributed by atoms with Crippen LogP contribution in [-0.4, -0.2) is 15.7 Å². The van der Waals surface area contributed by atoms with E-state index in [0.29, 0.717) is 5.69 Å². The van der Waals surface area contributed by atoms with Crippen LogP contribution in [0.25, 0.3) is 10.9 Å². The van der Waals surface area contributed by atoms with E-state index in [0.717, 1.165) is 22.2 Å². The highest BCUT2D eigenvalue weighted by atomic mass is 16.6. The summed E-state index contributed by atoms with van der Waals surface area (Å²) >= 11 is 0. The van der Waals surface area contributed by atoms with Crippen molar-refractivity contribution in [3.05, 3.63) is 69.9 Å². The number of fused-ring (bicyclic) bond motifs is 1. The smallest absolute Gasteiger partial charge is 0.271 e. The minimum absolute atomic E-state index is 0.0456. The van der Waals surface area contributed by atoms with Gasteiger partial charge in [-0.3, -0.25) is 15.1 Å². The summed E-state index contributed by atoms with van der Waals surface area (Å²) in [5, 5.41) is 11.9. The average molecular weight is 293 g/mol. The summed E-state index contributed by atoms with van der Waals surface area (Å²) in [6.45, 7) is 2.04. The minimum atomic E-state index is -0.414. The standard InChI is InChI=1S/C17H15N3O2/c1-12-16(15-8-3-4-9-17(15)19(12)2)11-18-13-6-5-7-14(10-13)20(21)22/h3-11H,1-2H3. The van der Waals surface area contributed by atoms with E-state index in [1.165, 1.54) is 12.1 Å². The maximum atomic E-state index is 10.8. The molecule has 3 aromatic rings. The van der Waals surface area contributed by atoms with Gasteiger partial charge in [-0.05, 0) is 19.1 Å². The Bertz CT molecular complexity index is 894. The first-order valence-corrected chi connectivity index (χ1v) is 6.90. The second kappa shape index (κ2) is 5.44. The Kier molecular flexibility index (Phi) is 3.47. The molecule has 5 heteroatoms.